The average molecular weight is 383 g/mol. The molecular weight excluding hydrogens is 374 g/mol. The van der Waals surface area contributed by atoms with Crippen molar-refractivity contribution in [1.29, 1.82) is 0 Å². The molecule has 2 aromatic rings. The monoisotopic (exact) mass is 383 g/mol. The molecule has 0 saturated carbocycles. The number of benzene rings is 2. The molecule has 2 rings (SSSR count). The lowest BCUT2D eigenvalue weighted by molar-refractivity contribution is -0.138. The van der Waals surface area contributed by atoms with Gasteiger partial charge in [-0.2, -0.15) is 26.3 Å². The zero-order chi connectivity index (χ0) is 18.9. The molecule has 2 aromatic carbocycles. The Kier molecular flexibility index (Phi) is 5.00. The van der Waals surface area contributed by atoms with Gasteiger partial charge >= 0.3 is 12.4 Å². The van der Waals surface area contributed by atoms with Crippen molar-refractivity contribution in [3.8, 4) is 0 Å². The van der Waals surface area contributed by atoms with Crippen LogP contribution in [0, 0.1) is 0 Å². The number of sulfonamides is 1. The molecule has 0 saturated heterocycles. The largest absolute Gasteiger partial charge is 0.472 e. The molecule has 1 N–H and O–H groups in total. The molecule has 0 aliphatic carbocycles. The van der Waals surface area contributed by atoms with Crippen LogP contribution in [0.4, 0.5) is 32.0 Å². The highest BCUT2D eigenvalue weighted by Crippen LogP contribution is 2.32. The quantitative estimate of drug-likeness (QED) is 0.609. The van der Waals surface area contributed by atoms with Crippen LogP contribution in [0.5, 0.6) is 0 Å². The van der Waals surface area contributed by atoms with E-state index in [1.807, 2.05) is 5.43 Å². The highest BCUT2D eigenvalue weighted by atomic mass is 32.2. The molecule has 0 aromatic heterocycles. The van der Waals surface area contributed by atoms with Gasteiger partial charge in [0, 0.05) is 5.69 Å². The molecule has 0 bridgehead atoms. The average Bonchev–Trinajstić information content (AvgIpc) is 2.52. The Morgan fingerprint density at radius 3 is 1.88 bits per heavy atom. The number of anilines is 1. The molecule has 0 spiro atoms. The number of hydrogen-bond donors (Lipinski definition) is 1. The maximum Gasteiger partial charge on any atom is 0.416 e. The van der Waals surface area contributed by atoms with Crippen LogP contribution >= 0.6 is 0 Å². The van der Waals surface area contributed by atoms with E-state index in [9.17, 15) is 34.8 Å². The lowest BCUT2D eigenvalue weighted by Gasteiger charge is -2.24. The topological polar surface area (TPSA) is 60.3 Å². The van der Waals surface area contributed by atoms with Gasteiger partial charge < -0.3 is 10.3 Å². The van der Waals surface area contributed by atoms with Crippen LogP contribution in [0.15, 0.2) is 53.4 Å². The van der Waals surface area contributed by atoms with Gasteiger partial charge in [-0.05, 0) is 42.5 Å². The third-order valence-electron chi connectivity index (χ3n) is 2.97. The summed E-state index contributed by atoms with van der Waals surface area (Å²) >= 11 is 0. The lowest BCUT2D eigenvalue weighted by Crippen LogP contribution is -2.09. The Morgan fingerprint density at radius 2 is 1.36 bits per heavy atom. The first-order valence-electron chi connectivity index (χ1n) is 6.47. The maximum atomic E-state index is 12.6. The summed E-state index contributed by atoms with van der Waals surface area (Å²) < 4.78 is 98.9. The van der Waals surface area contributed by atoms with Crippen molar-refractivity contribution in [3.63, 3.8) is 0 Å². The van der Waals surface area contributed by atoms with E-state index in [1.165, 1.54) is 0 Å². The third kappa shape index (κ3) is 4.86. The van der Waals surface area contributed by atoms with Crippen molar-refractivity contribution in [2.75, 3.05) is 5.43 Å². The zero-order valence-electron chi connectivity index (χ0n) is 12.1. The van der Waals surface area contributed by atoms with Gasteiger partial charge in [0.2, 0.25) is 0 Å². The fourth-order valence-corrected chi connectivity index (χ4v) is 2.59. The Morgan fingerprint density at radius 1 is 0.800 bits per heavy atom. The van der Waals surface area contributed by atoms with Crippen LogP contribution in [0.25, 0.3) is 4.83 Å². The van der Waals surface area contributed by atoms with Crippen molar-refractivity contribution in [1.82, 2.24) is 0 Å². The summed E-state index contributed by atoms with van der Waals surface area (Å²) in [6.45, 7) is 0. The van der Waals surface area contributed by atoms with Crippen LogP contribution < -0.4 is 5.43 Å². The van der Waals surface area contributed by atoms with Crippen molar-refractivity contribution in [3.05, 3.63) is 64.5 Å². The molecule has 136 valence electrons. The predicted molar refractivity (Wildman–Crippen MR) is 77.1 cm³/mol. The molecular formula is C14H9F6N2O2S-. The fourth-order valence-electron chi connectivity index (χ4n) is 1.73. The zero-order valence-corrected chi connectivity index (χ0v) is 12.9. The molecule has 0 aliphatic heterocycles. The Hall–Kier alpha value is -2.27. The third-order valence-corrected chi connectivity index (χ3v) is 4.15. The highest BCUT2D eigenvalue weighted by molar-refractivity contribution is 7.94. The molecule has 0 amide bonds. The van der Waals surface area contributed by atoms with Gasteiger partial charge in [-0.15, -0.1) is 0 Å². The van der Waals surface area contributed by atoms with Gasteiger partial charge in [0.1, 0.15) is 10.0 Å². The van der Waals surface area contributed by atoms with Gasteiger partial charge in [-0.3, -0.25) is 0 Å². The van der Waals surface area contributed by atoms with E-state index in [0.29, 0.717) is 24.3 Å². The molecule has 4 nitrogen and oxygen atoms in total. The van der Waals surface area contributed by atoms with E-state index < -0.39 is 38.4 Å². The summed E-state index contributed by atoms with van der Waals surface area (Å²) in [4.78, 5) is 2.38. The van der Waals surface area contributed by atoms with Crippen LogP contribution in [0.3, 0.4) is 0 Å². The molecule has 25 heavy (non-hydrogen) atoms. The number of nitrogens with zero attached hydrogens (tertiary/aromatic N) is 1. The molecule has 0 fully saturated rings. The first-order chi connectivity index (χ1) is 11.4. The summed E-state index contributed by atoms with van der Waals surface area (Å²) in [5.41, 5.74) is -0.185. The second-order valence-electron chi connectivity index (χ2n) is 4.78. The van der Waals surface area contributed by atoms with Crippen molar-refractivity contribution in [2.45, 2.75) is 17.2 Å². The SMILES string of the molecule is O=S(=O)([N-]Nc1ccc(C(F)(F)F)cc1)c1cccc(C(F)(F)F)c1. The van der Waals surface area contributed by atoms with Crippen molar-refractivity contribution >= 4 is 15.7 Å². The predicted octanol–water partition coefficient (Wildman–Crippen LogP) is 4.81. The van der Waals surface area contributed by atoms with Crippen molar-refractivity contribution in [2.24, 2.45) is 0 Å². The van der Waals surface area contributed by atoms with E-state index in [2.05, 4.69) is 4.83 Å². The maximum absolute atomic E-state index is 12.6. The second kappa shape index (κ2) is 6.56. The second-order valence-corrected chi connectivity index (χ2v) is 6.38. The minimum atomic E-state index is -4.73. The lowest BCUT2D eigenvalue weighted by atomic mass is 10.2. The van der Waals surface area contributed by atoms with E-state index in [-0.39, 0.29) is 5.69 Å². The smallest absolute Gasteiger partial charge is 0.416 e. The summed E-state index contributed by atoms with van der Waals surface area (Å²) in [5.74, 6) is 0. The van der Waals surface area contributed by atoms with Gasteiger partial charge in [-0.1, -0.05) is 6.07 Å². The number of rotatable bonds is 4. The molecule has 11 heteroatoms. The summed E-state index contributed by atoms with van der Waals surface area (Å²) in [6, 6.07) is 6.22. The Bertz CT molecular complexity index is 845. The number of nitrogens with one attached hydrogen (secondary N) is 1. The van der Waals surface area contributed by atoms with Crippen LogP contribution in [-0.4, -0.2) is 8.42 Å². The molecule has 0 radical (unpaired) electrons. The summed E-state index contributed by atoms with van der Waals surface area (Å²) in [6.07, 6.45) is -9.29. The van der Waals surface area contributed by atoms with Gasteiger partial charge in [0.05, 0.1) is 16.0 Å². The standard InChI is InChI=1S/C14H9F6N2O2S/c15-13(16,17)9-4-6-11(7-5-9)21-22-25(23,24)12-3-1-2-10(8-12)14(18,19)20/h1-8,21H/q-1. The van der Waals surface area contributed by atoms with Crippen LogP contribution in [0.1, 0.15) is 11.1 Å². The van der Waals surface area contributed by atoms with Crippen molar-refractivity contribution < 1.29 is 34.8 Å². The first kappa shape index (κ1) is 19.1. The van der Waals surface area contributed by atoms with Gasteiger partial charge in [0.25, 0.3) is 0 Å². The van der Waals surface area contributed by atoms with Gasteiger partial charge in [-0.25, -0.2) is 8.42 Å². The van der Waals surface area contributed by atoms with Crippen LogP contribution in [-0.2, 0) is 22.4 Å². The number of alkyl halides is 6. The minimum absolute atomic E-state index is 0.0800. The van der Waals surface area contributed by atoms with E-state index >= 15 is 0 Å². The minimum Gasteiger partial charge on any atom is -0.472 e. The molecule has 0 heterocycles. The molecule has 0 aliphatic rings. The van der Waals surface area contributed by atoms with E-state index in [4.69, 9.17) is 0 Å². The number of hydrogen-bond acceptors (Lipinski definition) is 3. The highest BCUT2D eigenvalue weighted by Gasteiger charge is 2.31. The molecule has 0 atom stereocenters. The normalized spacial score (nSPS) is 12.9. The number of halogens is 6. The van der Waals surface area contributed by atoms with Gasteiger partial charge in [0.15, 0.2) is 0 Å². The first-order valence-corrected chi connectivity index (χ1v) is 7.91. The summed E-state index contributed by atoms with van der Waals surface area (Å²) in [5, 5.41) is 0. The van der Waals surface area contributed by atoms with E-state index in [0.717, 1.165) is 24.3 Å². The Labute approximate surface area is 138 Å². The van der Waals surface area contributed by atoms with Crippen LogP contribution in [0.2, 0.25) is 0 Å². The summed E-state index contributed by atoms with van der Waals surface area (Å²) in [7, 11) is -4.49. The molecule has 0 unspecified atom stereocenters. The Balaban J connectivity index is 2.14. The van der Waals surface area contributed by atoms with E-state index in [1.54, 1.807) is 0 Å². The fraction of sp³-hybridized carbons (Fsp3) is 0.143.